The summed E-state index contributed by atoms with van der Waals surface area (Å²) in [7, 11) is 4.84. The molecule has 1 aromatic carbocycles. The van der Waals surface area contributed by atoms with Gasteiger partial charge in [-0.25, -0.2) is 4.99 Å². The second kappa shape index (κ2) is 14.6. The van der Waals surface area contributed by atoms with Gasteiger partial charge in [0.2, 0.25) is 5.75 Å². The van der Waals surface area contributed by atoms with E-state index in [1.807, 2.05) is 12.1 Å². The standard InChI is InChI=1S/C20H35N3O3.HI/c1-7-21-20(22-11-9-8-10-15(2)3)23-14-16-12-17(24-4)19(26-6)18(13-16)25-5;/h12-13,15H,7-11,14H2,1-6H3,(H2,21,22,23);1H. The quantitative estimate of drug-likeness (QED) is 0.209. The Bertz CT molecular complexity index is 540. The molecule has 0 aliphatic carbocycles. The van der Waals surface area contributed by atoms with Crippen LogP contribution in [-0.2, 0) is 6.54 Å². The first-order valence-electron chi connectivity index (χ1n) is 9.36. The van der Waals surface area contributed by atoms with E-state index in [4.69, 9.17) is 14.2 Å². The van der Waals surface area contributed by atoms with Gasteiger partial charge in [-0.3, -0.25) is 0 Å². The average Bonchev–Trinajstić information content (AvgIpc) is 2.64. The van der Waals surface area contributed by atoms with Gasteiger partial charge < -0.3 is 24.8 Å². The minimum absolute atomic E-state index is 0. The van der Waals surface area contributed by atoms with Gasteiger partial charge in [0.15, 0.2) is 17.5 Å². The maximum absolute atomic E-state index is 5.40. The number of unbranched alkanes of at least 4 members (excludes halogenated alkanes) is 1. The van der Waals surface area contributed by atoms with Gasteiger partial charge in [-0.05, 0) is 37.0 Å². The average molecular weight is 493 g/mol. The SMILES string of the molecule is CCNC(=NCc1cc(OC)c(OC)c(OC)c1)NCCCCC(C)C.I. The summed E-state index contributed by atoms with van der Waals surface area (Å²) in [6.45, 7) is 8.86. The monoisotopic (exact) mass is 493 g/mol. The summed E-state index contributed by atoms with van der Waals surface area (Å²) in [5, 5.41) is 6.68. The fraction of sp³-hybridized carbons (Fsp3) is 0.650. The number of nitrogens with one attached hydrogen (secondary N) is 2. The van der Waals surface area contributed by atoms with E-state index in [9.17, 15) is 0 Å². The number of methoxy groups -OCH3 is 3. The zero-order chi connectivity index (χ0) is 19.4. The molecule has 0 bridgehead atoms. The van der Waals surface area contributed by atoms with E-state index < -0.39 is 0 Å². The van der Waals surface area contributed by atoms with Gasteiger partial charge in [0.05, 0.1) is 27.9 Å². The Hall–Kier alpha value is -1.38. The van der Waals surface area contributed by atoms with Crippen LogP contribution in [0.5, 0.6) is 17.2 Å². The highest BCUT2D eigenvalue weighted by molar-refractivity contribution is 14.0. The molecule has 2 N–H and O–H groups in total. The smallest absolute Gasteiger partial charge is 0.203 e. The molecule has 1 aromatic rings. The Kier molecular flexibility index (Phi) is 13.9. The summed E-state index contributed by atoms with van der Waals surface area (Å²) < 4.78 is 16.2. The largest absolute Gasteiger partial charge is 0.493 e. The Balaban J connectivity index is 0.00000676. The van der Waals surface area contributed by atoms with Crippen molar-refractivity contribution in [3.8, 4) is 17.2 Å². The minimum atomic E-state index is 0. The third kappa shape index (κ3) is 9.39. The first-order chi connectivity index (χ1) is 12.5. The van der Waals surface area contributed by atoms with Crippen LogP contribution < -0.4 is 24.8 Å². The summed E-state index contributed by atoms with van der Waals surface area (Å²) in [6, 6.07) is 3.86. The molecule has 0 aliphatic rings. The van der Waals surface area contributed by atoms with E-state index >= 15 is 0 Å². The molecule has 0 aromatic heterocycles. The number of guanidine groups is 1. The van der Waals surface area contributed by atoms with E-state index in [1.54, 1.807) is 21.3 Å². The number of hydrogen-bond donors (Lipinski definition) is 2. The first-order valence-corrected chi connectivity index (χ1v) is 9.36. The van der Waals surface area contributed by atoms with Crippen LogP contribution in [0.1, 0.15) is 45.6 Å². The number of nitrogens with zero attached hydrogens (tertiary/aromatic N) is 1. The number of ether oxygens (including phenoxy) is 3. The molecule has 0 saturated heterocycles. The zero-order valence-electron chi connectivity index (χ0n) is 17.6. The normalized spacial score (nSPS) is 11.0. The lowest BCUT2D eigenvalue weighted by Crippen LogP contribution is -2.37. The third-order valence-electron chi connectivity index (χ3n) is 3.99. The lowest BCUT2D eigenvalue weighted by atomic mass is 10.1. The number of rotatable bonds is 11. The maximum atomic E-state index is 5.40. The van der Waals surface area contributed by atoms with Crippen LogP contribution in [-0.4, -0.2) is 40.4 Å². The van der Waals surface area contributed by atoms with E-state index in [1.165, 1.54) is 12.8 Å². The molecule has 156 valence electrons. The van der Waals surface area contributed by atoms with E-state index in [-0.39, 0.29) is 24.0 Å². The number of benzene rings is 1. The van der Waals surface area contributed by atoms with Crippen molar-refractivity contribution in [2.24, 2.45) is 10.9 Å². The molecule has 0 fully saturated rings. The summed E-state index contributed by atoms with van der Waals surface area (Å²) in [4.78, 5) is 4.67. The third-order valence-corrected chi connectivity index (χ3v) is 3.99. The van der Waals surface area contributed by atoms with Gasteiger partial charge in [-0.1, -0.05) is 26.7 Å². The highest BCUT2D eigenvalue weighted by Crippen LogP contribution is 2.38. The Labute approximate surface area is 181 Å². The molecule has 0 radical (unpaired) electrons. The second-order valence-electron chi connectivity index (χ2n) is 6.55. The zero-order valence-corrected chi connectivity index (χ0v) is 19.9. The fourth-order valence-corrected chi connectivity index (χ4v) is 2.62. The van der Waals surface area contributed by atoms with Crippen molar-refractivity contribution in [1.82, 2.24) is 10.6 Å². The van der Waals surface area contributed by atoms with Gasteiger partial charge >= 0.3 is 0 Å². The van der Waals surface area contributed by atoms with Crippen molar-refractivity contribution in [3.63, 3.8) is 0 Å². The van der Waals surface area contributed by atoms with Crippen molar-refractivity contribution in [3.05, 3.63) is 17.7 Å². The molecule has 0 unspecified atom stereocenters. The molecule has 27 heavy (non-hydrogen) atoms. The molecule has 0 amide bonds. The molecule has 0 aliphatic heterocycles. The van der Waals surface area contributed by atoms with Crippen molar-refractivity contribution < 1.29 is 14.2 Å². The molecule has 0 saturated carbocycles. The van der Waals surface area contributed by atoms with E-state index in [0.29, 0.717) is 23.8 Å². The Morgan fingerprint density at radius 1 is 1.00 bits per heavy atom. The second-order valence-corrected chi connectivity index (χ2v) is 6.55. The Morgan fingerprint density at radius 2 is 1.63 bits per heavy atom. The molecule has 7 heteroatoms. The maximum Gasteiger partial charge on any atom is 0.203 e. The van der Waals surface area contributed by atoms with Crippen molar-refractivity contribution >= 4 is 29.9 Å². The van der Waals surface area contributed by atoms with Gasteiger partial charge in [0, 0.05) is 13.1 Å². The van der Waals surface area contributed by atoms with Crippen LogP contribution >= 0.6 is 24.0 Å². The lowest BCUT2D eigenvalue weighted by molar-refractivity contribution is 0.324. The summed E-state index contributed by atoms with van der Waals surface area (Å²) >= 11 is 0. The fourth-order valence-electron chi connectivity index (χ4n) is 2.62. The number of halogens is 1. The summed E-state index contributed by atoms with van der Waals surface area (Å²) in [6.07, 6.45) is 3.64. The minimum Gasteiger partial charge on any atom is -0.493 e. The molecule has 0 spiro atoms. The van der Waals surface area contributed by atoms with Crippen molar-refractivity contribution in [1.29, 1.82) is 0 Å². The molecule has 1 rings (SSSR count). The molecular weight excluding hydrogens is 457 g/mol. The predicted octanol–water partition coefficient (Wildman–Crippen LogP) is 4.21. The highest BCUT2D eigenvalue weighted by Gasteiger charge is 2.13. The molecule has 6 nitrogen and oxygen atoms in total. The topological polar surface area (TPSA) is 64.1 Å². The molecule has 0 heterocycles. The van der Waals surface area contributed by atoms with Gasteiger partial charge in [-0.2, -0.15) is 0 Å². The first kappa shape index (κ1) is 25.6. The number of aliphatic imine (C=N–C) groups is 1. The van der Waals surface area contributed by atoms with Crippen LogP contribution in [0.3, 0.4) is 0 Å². The number of hydrogen-bond acceptors (Lipinski definition) is 4. The van der Waals surface area contributed by atoms with Crippen LogP contribution in [0.4, 0.5) is 0 Å². The van der Waals surface area contributed by atoms with Gasteiger partial charge in [0.25, 0.3) is 0 Å². The van der Waals surface area contributed by atoms with Crippen LogP contribution in [0.15, 0.2) is 17.1 Å². The molecule has 0 atom stereocenters. The predicted molar refractivity (Wildman–Crippen MR) is 123 cm³/mol. The van der Waals surface area contributed by atoms with Crippen LogP contribution in [0, 0.1) is 5.92 Å². The van der Waals surface area contributed by atoms with Crippen molar-refractivity contribution in [2.75, 3.05) is 34.4 Å². The molecular formula is C20H36IN3O3. The van der Waals surface area contributed by atoms with Gasteiger partial charge in [0.1, 0.15) is 0 Å². The van der Waals surface area contributed by atoms with Crippen LogP contribution in [0.25, 0.3) is 0 Å². The van der Waals surface area contributed by atoms with Gasteiger partial charge in [-0.15, -0.1) is 24.0 Å². The summed E-state index contributed by atoms with van der Waals surface area (Å²) in [5.74, 6) is 3.47. The van der Waals surface area contributed by atoms with Crippen molar-refractivity contribution in [2.45, 2.75) is 46.6 Å². The Morgan fingerprint density at radius 3 is 2.11 bits per heavy atom. The summed E-state index contributed by atoms with van der Waals surface area (Å²) in [5.41, 5.74) is 0.997. The van der Waals surface area contributed by atoms with Crippen LogP contribution in [0.2, 0.25) is 0 Å². The highest BCUT2D eigenvalue weighted by atomic mass is 127. The lowest BCUT2D eigenvalue weighted by Gasteiger charge is -2.14. The van der Waals surface area contributed by atoms with E-state index in [2.05, 4.69) is 36.4 Å². The van der Waals surface area contributed by atoms with E-state index in [0.717, 1.165) is 37.0 Å².